The molecule has 1 saturated heterocycles. The summed E-state index contributed by atoms with van der Waals surface area (Å²) in [7, 11) is 0. The van der Waals surface area contributed by atoms with Gasteiger partial charge in [-0.3, -0.25) is 4.79 Å². The molecule has 2 heterocycles. The predicted octanol–water partition coefficient (Wildman–Crippen LogP) is 6.44. The van der Waals surface area contributed by atoms with E-state index in [0.29, 0.717) is 49.6 Å². The second-order valence-corrected chi connectivity index (χ2v) is 10.7. The van der Waals surface area contributed by atoms with Gasteiger partial charge >= 0.3 is 11.9 Å². The first-order valence-electron chi connectivity index (χ1n) is 14.1. The number of allylic oxidation sites excluding steroid dienone is 1. The maximum absolute atomic E-state index is 15.5. The first-order chi connectivity index (χ1) is 20.1. The molecule has 6 nitrogen and oxygen atoms in total. The molecule has 0 N–H and O–H groups in total. The quantitative estimate of drug-likeness (QED) is 0.199. The second kappa shape index (κ2) is 12.5. The smallest absolute Gasteiger partial charge is 0.341 e. The Hall–Kier alpha value is -3.31. The topological polar surface area (TPSA) is 71.1 Å². The van der Waals surface area contributed by atoms with E-state index >= 15 is 4.39 Å². The lowest BCUT2D eigenvalue weighted by atomic mass is 9.87. The van der Waals surface area contributed by atoms with Crippen molar-refractivity contribution in [2.24, 2.45) is 11.8 Å². The van der Waals surface area contributed by atoms with Crippen LogP contribution in [0.15, 0.2) is 42.5 Å². The van der Waals surface area contributed by atoms with E-state index in [-0.39, 0.29) is 30.3 Å². The first kappa shape index (κ1) is 30.2. The van der Waals surface area contributed by atoms with Crippen molar-refractivity contribution in [2.75, 3.05) is 13.2 Å². The van der Waals surface area contributed by atoms with Crippen LogP contribution in [0.2, 0.25) is 0 Å². The number of carbonyl (C=O) groups excluding carboxylic acids is 2. The molecule has 3 aliphatic rings. The number of esters is 1. The number of rotatable bonds is 8. The summed E-state index contributed by atoms with van der Waals surface area (Å²) >= 11 is 0. The number of ether oxygens (including phenoxy) is 4. The molecule has 0 radical (unpaired) electrons. The molecule has 0 aromatic heterocycles. The van der Waals surface area contributed by atoms with Crippen LogP contribution in [-0.4, -0.2) is 43.5 Å². The minimum Gasteiger partial charge on any atom is -0.487 e. The van der Waals surface area contributed by atoms with E-state index in [0.717, 1.165) is 18.9 Å². The zero-order chi connectivity index (χ0) is 30.0. The summed E-state index contributed by atoms with van der Waals surface area (Å²) in [5, 5.41) is 0. The van der Waals surface area contributed by atoms with Crippen molar-refractivity contribution in [1.82, 2.24) is 0 Å². The summed E-state index contributed by atoms with van der Waals surface area (Å²) in [4.78, 5) is 24.9. The number of hydrogen-bond donors (Lipinski definition) is 0. The molecule has 1 saturated carbocycles. The van der Waals surface area contributed by atoms with Crippen molar-refractivity contribution in [1.29, 1.82) is 0 Å². The van der Waals surface area contributed by atoms with Crippen LogP contribution in [0.4, 0.5) is 22.0 Å². The number of fused-ring (bicyclic) bond motifs is 2. The maximum atomic E-state index is 15.5. The molecule has 42 heavy (non-hydrogen) atoms. The summed E-state index contributed by atoms with van der Waals surface area (Å²) in [6, 6.07) is 5.18. The fourth-order valence-corrected chi connectivity index (χ4v) is 6.01. The van der Waals surface area contributed by atoms with Gasteiger partial charge in [-0.1, -0.05) is 18.2 Å². The SMILES string of the molecule is CCOC(=O)c1ccc2c(c1F)O[C@H]1C[C@@H](OC3CCCCO3)[C@H](/C=C/C(=O)C(F)(F)c3c(F)cccc3F)[C@H]1CC2. The van der Waals surface area contributed by atoms with Crippen LogP contribution in [0, 0.1) is 29.3 Å². The Bertz CT molecular complexity index is 1340. The Morgan fingerprint density at radius 3 is 2.52 bits per heavy atom. The Morgan fingerprint density at radius 1 is 1.07 bits per heavy atom. The Balaban J connectivity index is 1.43. The van der Waals surface area contributed by atoms with Crippen molar-refractivity contribution < 1.29 is 50.5 Å². The molecule has 2 aromatic carbocycles. The monoisotopic (exact) mass is 594 g/mol. The first-order valence-corrected chi connectivity index (χ1v) is 14.1. The van der Waals surface area contributed by atoms with Gasteiger partial charge in [-0.25, -0.2) is 18.0 Å². The molecule has 11 heteroatoms. The molecule has 5 atom stereocenters. The van der Waals surface area contributed by atoms with E-state index in [4.69, 9.17) is 18.9 Å². The van der Waals surface area contributed by atoms with Gasteiger partial charge in [-0.2, -0.15) is 8.78 Å². The van der Waals surface area contributed by atoms with Gasteiger partial charge < -0.3 is 18.9 Å². The fourth-order valence-electron chi connectivity index (χ4n) is 6.01. The molecule has 5 rings (SSSR count). The number of benzene rings is 2. The summed E-state index contributed by atoms with van der Waals surface area (Å²) in [5.74, 6) is -12.1. The third kappa shape index (κ3) is 5.94. The van der Waals surface area contributed by atoms with Gasteiger partial charge in [0.2, 0.25) is 5.78 Å². The van der Waals surface area contributed by atoms with Gasteiger partial charge in [0, 0.05) is 24.9 Å². The average Bonchev–Trinajstić information content (AvgIpc) is 3.15. The fraction of sp³-hybridized carbons (Fsp3) is 0.484. The summed E-state index contributed by atoms with van der Waals surface area (Å²) < 4.78 is 96.6. The van der Waals surface area contributed by atoms with Crippen molar-refractivity contribution in [3.8, 4) is 5.75 Å². The van der Waals surface area contributed by atoms with E-state index in [1.807, 2.05) is 0 Å². The van der Waals surface area contributed by atoms with Crippen LogP contribution >= 0.6 is 0 Å². The molecular formula is C31H31F5O6. The number of aryl methyl sites for hydroxylation is 1. The van der Waals surface area contributed by atoms with E-state index in [1.54, 1.807) is 13.0 Å². The molecule has 2 aliphatic heterocycles. The van der Waals surface area contributed by atoms with Gasteiger partial charge in [-0.15, -0.1) is 0 Å². The summed E-state index contributed by atoms with van der Waals surface area (Å²) in [6.45, 7) is 2.17. The molecule has 2 aromatic rings. The van der Waals surface area contributed by atoms with Gasteiger partial charge in [0.15, 0.2) is 17.9 Å². The number of ketones is 1. The van der Waals surface area contributed by atoms with E-state index in [1.165, 1.54) is 12.1 Å². The number of carbonyl (C=O) groups is 2. The lowest BCUT2D eigenvalue weighted by Gasteiger charge is -2.29. The van der Waals surface area contributed by atoms with Crippen molar-refractivity contribution in [2.45, 2.75) is 69.9 Å². The number of alkyl halides is 2. The van der Waals surface area contributed by atoms with Crippen LogP contribution in [0.5, 0.6) is 5.75 Å². The van der Waals surface area contributed by atoms with Gasteiger partial charge in [0.25, 0.3) is 0 Å². The standard InChI is InChI=1S/C31H31F5O6/c1-2-39-30(38)20-12-10-17-9-11-18-19(13-14-25(37)31(35,36)27-21(32)6-5-7-22(27)33)23(41-26-8-3-4-15-40-26)16-24(18)42-29(17)28(20)34/h5-7,10,12-14,18-19,23-24,26H,2-4,8-9,11,15-16H2,1H3/b14-13+/t18-,19-,23-,24+,26?/m1/s1. The van der Waals surface area contributed by atoms with E-state index in [9.17, 15) is 27.2 Å². The highest BCUT2D eigenvalue weighted by molar-refractivity contribution is 5.96. The second-order valence-electron chi connectivity index (χ2n) is 10.7. The molecule has 0 spiro atoms. The number of halogens is 5. The van der Waals surface area contributed by atoms with Crippen molar-refractivity contribution in [3.63, 3.8) is 0 Å². The van der Waals surface area contributed by atoms with Crippen molar-refractivity contribution >= 4 is 11.8 Å². The zero-order valence-electron chi connectivity index (χ0n) is 22.9. The Morgan fingerprint density at radius 2 is 1.83 bits per heavy atom. The van der Waals surface area contributed by atoms with E-state index < -0.39 is 65.1 Å². The molecule has 226 valence electrons. The van der Waals surface area contributed by atoms with E-state index in [2.05, 4.69) is 0 Å². The highest BCUT2D eigenvalue weighted by Crippen LogP contribution is 2.46. The minimum atomic E-state index is -4.45. The Labute approximate surface area is 239 Å². The molecule has 0 amide bonds. The zero-order valence-corrected chi connectivity index (χ0v) is 22.9. The van der Waals surface area contributed by atoms with Crippen LogP contribution in [0.25, 0.3) is 0 Å². The van der Waals surface area contributed by atoms with Crippen LogP contribution < -0.4 is 4.74 Å². The average molecular weight is 595 g/mol. The highest BCUT2D eigenvalue weighted by Gasteiger charge is 2.48. The van der Waals surface area contributed by atoms with Crippen LogP contribution in [0.3, 0.4) is 0 Å². The van der Waals surface area contributed by atoms with Gasteiger partial charge in [-0.05, 0) is 68.9 Å². The largest absolute Gasteiger partial charge is 0.487 e. The predicted molar refractivity (Wildman–Crippen MR) is 140 cm³/mol. The van der Waals surface area contributed by atoms with Crippen LogP contribution in [0.1, 0.15) is 60.5 Å². The molecular weight excluding hydrogens is 563 g/mol. The molecule has 0 bridgehead atoms. The normalized spacial score (nSPS) is 25.8. The lowest BCUT2D eigenvalue weighted by Crippen LogP contribution is -2.31. The Kier molecular flexibility index (Phi) is 8.98. The van der Waals surface area contributed by atoms with Crippen LogP contribution in [-0.2, 0) is 31.3 Å². The lowest BCUT2D eigenvalue weighted by molar-refractivity contribution is -0.193. The molecule has 1 unspecified atom stereocenters. The minimum absolute atomic E-state index is 0.0680. The number of hydrogen-bond acceptors (Lipinski definition) is 6. The van der Waals surface area contributed by atoms with Crippen molar-refractivity contribution in [3.05, 3.63) is 76.6 Å². The van der Waals surface area contributed by atoms with Gasteiger partial charge in [0.1, 0.15) is 23.3 Å². The van der Waals surface area contributed by atoms with Gasteiger partial charge in [0.05, 0.1) is 18.3 Å². The maximum Gasteiger partial charge on any atom is 0.341 e. The third-order valence-corrected chi connectivity index (χ3v) is 8.08. The summed E-state index contributed by atoms with van der Waals surface area (Å²) in [5.41, 5.74) is -1.35. The third-order valence-electron chi connectivity index (χ3n) is 8.08. The molecule has 2 fully saturated rings. The molecule has 1 aliphatic carbocycles. The summed E-state index contributed by atoms with van der Waals surface area (Å²) in [6.07, 6.45) is 3.45. The highest BCUT2D eigenvalue weighted by atomic mass is 19.3.